The average Bonchev–Trinajstić information content (AvgIpc) is 3.41. The minimum atomic E-state index is -4.51. The van der Waals surface area contributed by atoms with Crippen LogP contribution in [0.25, 0.3) is 0 Å². The van der Waals surface area contributed by atoms with Crippen molar-refractivity contribution < 1.29 is 27.5 Å². The van der Waals surface area contributed by atoms with Crippen LogP contribution in [0, 0.1) is 0 Å². The molecule has 6 nitrogen and oxygen atoms in total. The number of rotatable bonds is 4. The molecule has 1 atom stereocenters. The predicted octanol–water partition coefficient (Wildman–Crippen LogP) is 6.35. The lowest BCUT2D eigenvalue weighted by Gasteiger charge is -2.33. The fraction of sp³-hybridized carbons (Fsp3) is 0.231. The number of thioether (sulfide) groups is 1. The Kier molecular flexibility index (Phi) is 6.49. The van der Waals surface area contributed by atoms with Crippen LogP contribution in [0.5, 0.6) is 5.75 Å². The Morgan fingerprint density at radius 3 is 2.65 bits per heavy atom. The lowest BCUT2D eigenvalue weighted by atomic mass is 10.1. The highest BCUT2D eigenvalue weighted by Crippen LogP contribution is 2.55. The van der Waals surface area contributed by atoms with E-state index in [1.54, 1.807) is 48.5 Å². The summed E-state index contributed by atoms with van der Waals surface area (Å²) in [4.78, 5) is 29.0. The second-order valence-electron chi connectivity index (χ2n) is 8.56. The summed E-state index contributed by atoms with van der Waals surface area (Å²) in [5.74, 6) is 0.578. The highest BCUT2D eigenvalue weighted by Gasteiger charge is 2.59. The number of alkyl halides is 3. The van der Waals surface area contributed by atoms with Crippen molar-refractivity contribution in [2.24, 2.45) is 0 Å². The molecule has 37 heavy (non-hydrogen) atoms. The third-order valence-electron chi connectivity index (χ3n) is 6.32. The van der Waals surface area contributed by atoms with Crippen molar-refractivity contribution in [3.8, 4) is 5.75 Å². The van der Waals surface area contributed by atoms with Crippen LogP contribution < -0.4 is 15.0 Å². The smallest absolute Gasteiger partial charge is 0.416 e. The van der Waals surface area contributed by atoms with Crippen molar-refractivity contribution in [1.82, 2.24) is 4.90 Å². The number of halogens is 4. The molecule has 2 heterocycles. The van der Waals surface area contributed by atoms with Gasteiger partial charge >= 0.3 is 12.2 Å². The standard InChI is InChI=1S/C26H21ClF3N3O3S/c1-36-20-8-9-22-21(14-20)25(23(34)32(22)15-16-4-2-5-17(12-16)26(28,29)30)33(10-11-37-25)24(35)31-19-7-3-6-18(27)13-19/h2-9,12-14H,10-11,15H2,1H3,(H,31,35)/t25-/m1/s1. The van der Waals surface area contributed by atoms with Crippen LogP contribution in [0.2, 0.25) is 5.02 Å². The SMILES string of the molecule is COc1ccc2c(c1)[C@@]1(SCCN1C(=O)Nc1cccc(Cl)c1)C(=O)N2Cc1cccc(C(F)(F)F)c1. The molecular formula is C26H21ClF3N3O3S. The van der Waals surface area contributed by atoms with Gasteiger partial charge < -0.3 is 15.0 Å². The second kappa shape index (κ2) is 9.50. The highest BCUT2D eigenvalue weighted by atomic mass is 35.5. The summed E-state index contributed by atoms with van der Waals surface area (Å²) in [6, 6.07) is 16.1. The number of methoxy groups -OCH3 is 1. The van der Waals surface area contributed by atoms with Crippen molar-refractivity contribution in [1.29, 1.82) is 0 Å². The third kappa shape index (κ3) is 4.48. The molecule has 192 valence electrons. The number of fused-ring (bicyclic) bond motifs is 2. The Hall–Kier alpha value is -3.37. The molecule has 3 aromatic carbocycles. The van der Waals surface area contributed by atoms with Gasteiger partial charge in [0.05, 0.1) is 24.9 Å². The minimum Gasteiger partial charge on any atom is -0.497 e. The Labute approximate surface area is 220 Å². The molecule has 0 aromatic heterocycles. The zero-order valence-electron chi connectivity index (χ0n) is 19.5. The summed E-state index contributed by atoms with van der Waals surface area (Å²) in [5, 5.41) is 3.25. The lowest BCUT2D eigenvalue weighted by molar-refractivity contribution is -0.137. The fourth-order valence-electron chi connectivity index (χ4n) is 4.66. The lowest BCUT2D eigenvalue weighted by Crippen LogP contribution is -2.51. The van der Waals surface area contributed by atoms with Crippen molar-refractivity contribution in [2.75, 3.05) is 29.6 Å². The first-order valence-corrected chi connectivity index (χ1v) is 12.6. The number of carbonyl (C=O) groups is 2. The third-order valence-corrected chi connectivity index (χ3v) is 7.97. The molecule has 1 fully saturated rings. The molecule has 11 heteroatoms. The van der Waals surface area contributed by atoms with Crippen LogP contribution in [-0.4, -0.2) is 36.2 Å². The maximum atomic E-state index is 14.1. The van der Waals surface area contributed by atoms with Crippen LogP contribution in [0.1, 0.15) is 16.7 Å². The van der Waals surface area contributed by atoms with E-state index in [0.717, 1.165) is 12.1 Å². The highest BCUT2D eigenvalue weighted by molar-refractivity contribution is 8.01. The molecule has 1 saturated heterocycles. The molecule has 2 aliphatic rings. The summed E-state index contributed by atoms with van der Waals surface area (Å²) in [6.07, 6.45) is -4.51. The van der Waals surface area contributed by atoms with E-state index >= 15 is 0 Å². The zero-order chi connectivity index (χ0) is 26.4. The van der Waals surface area contributed by atoms with Crippen LogP contribution >= 0.6 is 23.4 Å². The molecule has 0 bridgehead atoms. The molecule has 2 aliphatic heterocycles. The Bertz CT molecular complexity index is 1390. The molecule has 0 unspecified atom stereocenters. The van der Waals surface area contributed by atoms with Crippen LogP contribution in [0.15, 0.2) is 66.7 Å². The molecule has 5 rings (SSSR count). The van der Waals surface area contributed by atoms with Gasteiger partial charge in [-0.1, -0.05) is 29.8 Å². The number of ether oxygens (including phenoxy) is 1. The number of carbonyl (C=O) groups excluding carboxylic acids is 2. The fourth-order valence-corrected chi connectivity index (χ4v) is 6.31. The van der Waals surface area contributed by atoms with E-state index in [9.17, 15) is 22.8 Å². The van der Waals surface area contributed by atoms with Gasteiger partial charge in [0.25, 0.3) is 5.91 Å². The van der Waals surface area contributed by atoms with Crippen molar-refractivity contribution in [2.45, 2.75) is 17.6 Å². The van der Waals surface area contributed by atoms with Crippen LogP contribution in [0.4, 0.5) is 29.3 Å². The Morgan fingerprint density at radius 1 is 1.14 bits per heavy atom. The Balaban J connectivity index is 1.54. The summed E-state index contributed by atoms with van der Waals surface area (Å²) in [5.41, 5.74) is 1.06. The van der Waals surface area contributed by atoms with Gasteiger partial charge in [-0.3, -0.25) is 9.69 Å². The first kappa shape index (κ1) is 25.3. The Morgan fingerprint density at radius 2 is 1.92 bits per heavy atom. The summed E-state index contributed by atoms with van der Waals surface area (Å²) in [6.45, 7) is 0.199. The van der Waals surface area contributed by atoms with Gasteiger partial charge in [-0.15, -0.1) is 11.8 Å². The number of nitrogens with one attached hydrogen (secondary N) is 1. The van der Waals surface area contributed by atoms with Gasteiger partial charge in [0.1, 0.15) is 5.75 Å². The normalized spacial score (nSPS) is 18.9. The van der Waals surface area contributed by atoms with E-state index in [1.165, 1.54) is 34.7 Å². The number of hydrogen-bond donors (Lipinski definition) is 1. The molecule has 3 aromatic rings. The number of anilines is 2. The summed E-state index contributed by atoms with van der Waals surface area (Å²) >= 11 is 7.36. The van der Waals surface area contributed by atoms with E-state index < -0.39 is 28.5 Å². The predicted molar refractivity (Wildman–Crippen MR) is 137 cm³/mol. The van der Waals surface area contributed by atoms with Gasteiger partial charge in [-0.05, 0) is 54.1 Å². The van der Waals surface area contributed by atoms with E-state index in [1.807, 2.05) is 0 Å². The molecular weight excluding hydrogens is 527 g/mol. The van der Waals surface area contributed by atoms with Gasteiger partial charge in [-0.2, -0.15) is 13.2 Å². The van der Waals surface area contributed by atoms with E-state index in [-0.39, 0.29) is 13.1 Å². The number of benzene rings is 3. The van der Waals surface area contributed by atoms with Crippen molar-refractivity contribution in [3.05, 3.63) is 88.4 Å². The summed E-state index contributed by atoms with van der Waals surface area (Å²) < 4.78 is 45.3. The largest absolute Gasteiger partial charge is 0.497 e. The zero-order valence-corrected chi connectivity index (χ0v) is 21.1. The quantitative estimate of drug-likeness (QED) is 0.413. The maximum absolute atomic E-state index is 14.1. The number of urea groups is 1. The maximum Gasteiger partial charge on any atom is 0.416 e. The van der Waals surface area contributed by atoms with Crippen molar-refractivity contribution >= 4 is 46.7 Å². The number of hydrogen-bond acceptors (Lipinski definition) is 4. The molecule has 1 spiro atoms. The molecule has 0 aliphatic carbocycles. The van der Waals surface area contributed by atoms with Gasteiger partial charge in [0, 0.05) is 28.6 Å². The van der Waals surface area contributed by atoms with Gasteiger partial charge in [0.2, 0.25) is 0 Å². The van der Waals surface area contributed by atoms with E-state index in [4.69, 9.17) is 16.3 Å². The molecule has 3 amide bonds. The topological polar surface area (TPSA) is 61.9 Å². The molecule has 0 radical (unpaired) electrons. The second-order valence-corrected chi connectivity index (χ2v) is 10.3. The van der Waals surface area contributed by atoms with E-state index in [2.05, 4.69) is 5.32 Å². The van der Waals surface area contributed by atoms with Crippen LogP contribution in [-0.2, 0) is 22.4 Å². The first-order valence-electron chi connectivity index (χ1n) is 11.3. The van der Waals surface area contributed by atoms with E-state index in [0.29, 0.717) is 39.0 Å². The monoisotopic (exact) mass is 547 g/mol. The number of nitrogens with zero attached hydrogens (tertiary/aromatic N) is 2. The van der Waals surface area contributed by atoms with Gasteiger partial charge in [0.15, 0.2) is 4.87 Å². The van der Waals surface area contributed by atoms with Crippen molar-refractivity contribution in [3.63, 3.8) is 0 Å². The minimum absolute atomic E-state index is 0.0891. The first-order chi connectivity index (χ1) is 17.6. The number of amides is 3. The van der Waals surface area contributed by atoms with Crippen LogP contribution in [0.3, 0.4) is 0 Å². The van der Waals surface area contributed by atoms with Gasteiger partial charge in [-0.25, -0.2) is 4.79 Å². The molecule has 0 saturated carbocycles. The molecule has 1 N–H and O–H groups in total. The summed E-state index contributed by atoms with van der Waals surface area (Å²) in [7, 11) is 1.50. The average molecular weight is 548 g/mol.